The molecule has 0 spiro atoms. The van der Waals surface area contributed by atoms with Gasteiger partial charge in [0.1, 0.15) is 0 Å². The summed E-state index contributed by atoms with van der Waals surface area (Å²) in [6.07, 6.45) is 3.75. The SMILES string of the molecule is Br.Cc1cccc(C(=O)CN2C=CNC2)c1. The van der Waals surface area contributed by atoms with Crippen molar-refractivity contribution in [3.8, 4) is 0 Å². The van der Waals surface area contributed by atoms with Crippen LogP contribution in [0.1, 0.15) is 15.9 Å². The van der Waals surface area contributed by atoms with Crippen molar-refractivity contribution in [2.24, 2.45) is 0 Å². The van der Waals surface area contributed by atoms with E-state index >= 15 is 0 Å². The Kier molecular flexibility index (Phi) is 4.55. The molecular formula is C12H15BrN2O. The first kappa shape index (κ1) is 12.8. The molecule has 2 rings (SSSR count). The van der Waals surface area contributed by atoms with Crippen molar-refractivity contribution < 1.29 is 4.79 Å². The average Bonchev–Trinajstić information content (AvgIpc) is 2.70. The fourth-order valence-electron chi connectivity index (χ4n) is 1.58. The van der Waals surface area contributed by atoms with E-state index in [1.807, 2.05) is 48.5 Å². The fraction of sp³-hybridized carbons (Fsp3) is 0.250. The predicted molar refractivity (Wildman–Crippen MR) is 69.7 cm³/mol. The molecule has 0 saturated carbocycles. The molecule has 86 valence electrons. The molecule has 0 aromatic heterocycles. The van der Waals surface area contributed by atoms with Crippen molar-refractivity contribution in [2.45, 2.75) is 6.92 Å². The second kappa shape index (κ2) is 5.70. The van der Waals surface area contributed by atoms with E-state index in [-0.39, 0.29) is 22.8 Å². The molecule has 0 aliphatic carbocycles. The zero-order valence-corrected chi connectivity index (χ0v) is 10.9. The molecule has 16 heavy (non-hydrogen) atoms. The maximum atomic E-state index is 11.8. The van der Waals surface area contributed by atoms with Crippen LogP contribution in [0.2, 0.25) is 0 Å². The predicted octanol–water partition coefficient (Wildman–Crippen LogP) is 2.09. The summed E-state index contributed by atoms with van der Waals surface area (Å²) in [4.78, 5) is 13.8. The lowest BCUT2D eigenvalue weighted by Crippen LogP contribution is -2.27. The Morgan fingerprint density at radius 2 is 2.31 bits per heavy atom. The molecule has 1 aromatic carbocycles. The van der Waals surface area contributed by atoms with Gasteiger partial charge in [-0.25, -0.2) is 0 Å². The third kappa shape index (κ3) is 3.10. The number of halogens is 1. The number of benzene rings is 1. The highest BCUT2D eigenvalue weighted by atomic mass is 79.9. The number of carbonyl (C=O) groups excluding carboxylic acids is 1. The molecule has 0 radical (unpaired) electrons. The van der Waals surface area contributed by atoms with Gasteiger partial charge in [-0.3, -0.25) is 4.79 Å². The quantitative estimate of drug-likeness (QED) is 0.862. The van der Waals surface area contributed by atoms with Crippen molar-refractivity contribution in [1.82, 2.24) is 10.2 Å². The van der Waals surface area contributed by atoms with Gasteiger partial charge in [0, 0.05) is 18.0 Å². The molecule has 1 aromatic rings. The molecule has 1 aliphatic rings. The second-order valence-electron chi connectivity index (χ2n) is 3.72. The van der Waals surface area contributed by atoms with Gasteiger partial charge in [0.2, 0.25) is 0 Å². The summed E-state index contributed by atoms with van der Waals surface area (Å²) in [5, 5.41) is 3.03. The van der Waals surface area contributed by atoms with E-state index in [2.05, 4.69) is 5.32 Å². The van der Waals surface area contributed by atoms with E-state index in [0.717, 1.165) is 17.8 Å². The standard InChI is InChI=1S/C12H14N2O.BrH/c1-10-3-2-4-11(7-10)12(15)8-14-6-5-13-9-14;/h2-7,13H,8-9H2,1H3;1H. The van der Waals surface area contributed by atoms with Gasteiger partial charge in [-0.15, -0.1) is 17.0 Å². The molecular weight excluding hydrogens is 268 g/mol. The average molecular weight is 283 g/mol. The molecule has 0 amide bonds. The van der Waals surface area contributed by atoms with Gasteiger partial charge in [0.25, 0.3) is 0 Å². The van der Waals surface area contributed by atoms with Gasteiger partial charge in [0.05, 0.1) is 13.2 Å². The van der Waals surface area contributed by atoms with Gasteiger partial charge in [-0.1, -0.05) is 23.8 Å². The number of aryl methyl sites for hydroxylation is 1. The van der Waals surface area contributed by atoms with Crippen LogP contribution in [0.15, 0.2) is 36.7 Å². The molecule has 1 heterocycles. The molecule has 4 heteroatoms. The summed E-state index contributed by atoms with van der Waals surface area (Å²) in [5.74, 6) is 0.159. The first-order valence-electron chi connectivity index (χ1n) is 5.00. The molecule has 3 nitrogen and oxygen atoms in total. The Balaban J connectivity index is 0.00000128. The van der Waals surface area contributed by atoms with Crippen LogP contribution in [0, 0.1) is 6.92 Å². The Labute approximate surface area is 106 Å². The van der Waals surface area contributed by atoms with Gasteiger partial charge < -0.3 is 10.2 Å². The van der Waals surface area contributed by atoms with Crippen molar-refractivity contribution in [3.05, 3.63) is 47.8 Å². The van der Waals surface area contributed by atoms with E-state index in [1.165, 1.54) is 0 Å². The summed E-state index contributed by atoms with van der Waals surface area (Å²) < 4.78 is 0. The van der Waals surface area contributed by atoms with Crippen molar-refractivity contribution in [1.29, 1.82) is 0 Å². The van der Waals surface area contributed by atoms with Gasteiger partial charge >= 0.3 is 0 Å². The number of rotatable bonds is 3. The lowest BCUT2D eigenvalue weighted by molar-refractivity contribution is 0.0957. The highest BCUT2D eigenvalue weighted by molar-refractivity contribution is 8.93. The van der Waals surface area contributed by atoms with E-state index in [0.29, 0.717) is 6.54 Å². The number of nitrogens with one attached hydrogen (secondary N) is 1. The Morgan fingerprint density at radius 1 is 1.50 bits per heavy atom. The van der Waals surface area contributed by atoms with Gasteiger partial charge in [-0.05, 0) is 13.0 Å². The maximum absolute atomic E-state index is 11.8. The van der Waals surface area contributed by atoms with Crippen LogP contribution in [-0.2, 0) is 0 Å². The molecule has 0 atom stereocenters. The maximum Gasteiger partial charge on any atom is 0.182 e. The molecule has 1 aliphatic heterocycles. The van der Waals surface area contributed by atoms with Crippen LogP contribution in [0.25, 0.3) is 0 Å². The zero-order valence-electron chi connectivity index (χ0n) is 9.14. The topological polar surface area (TPSA) is 32.3 Å². The third-order valence-electron chi connectivity index (χ3n) is 2.38. The minimum absolute atomic E-state index is 0. The van der Waals surface area contributed by atoms with Crippen molar-refractivity contribution in [2.75, 3.05) is 13.2 Å². The second-order valence-corrected chi connectivity index (χ2v) is 3.72. The van der Waals surface area contributed by atoms with Crippen molar-refractivity contribution >= 4 is 22.8 Å². The van der Waals surface area contributed by atoms with Gasteiger partial charge in [0.15, 0.2) is 5.78 Å². The lowest BCUT2D eigenvalue weighted by Gasteiger charge is -2.13. The lowest BCUT2D eigenvalue weighted by atomic mass is 10.1. The van der Waals surface area contributed by atoms with Crippen LogP contribution in [-0.4, -0.2) is 23.9 Å². The van der Waals surface area contributed by atoms with E-state index in [9.17, 15) is 4.79 Å². The monoisotopic (exact) mass is 282 g/mol. The molecule has 1 N–H and O–H groups in total. The Bertz CT molecular complexity index is 404. The largest absolute Gasteiger partial charge is 0.373 e. The zero-order chi connectivity index (χ0) is 10.7. The molecule has 0 saturated heterocycles. The minimum Gasteiger partial charge on any atom is -0.373 e. The Morgan fingerprint density at radius 3 is 2.94 bits per heavy atom. The molecule has 0 bridgehead atoms. The van der Waals surface area contributed by atoms with Crippen LogP contribution in [0.5, 0.6) is 0 Å². The number of carbonyl (C=O) groups is 1. The fourth-order valence-corrected chi connectivity index (χ4v) is 1.58. The third-order valence-corrected chi connectivity index (χ3v) is 2.38. The highest BCUT2D eigenvalue weighted by Crippen LogP contribution is 2.06. The first-order chi connectivity index (χ1) is 7.25. The van der Waals surface area contributed by atoms with Crippen LogP contribution >= 0.6 is 17.0 Å². The summed E-state index contributed by atoms with van der Waals surface area (Å²) in [6.45, 7) is 3.15. The summed E-state index contributed by atoms with van der Waals surface area (Å²) in [5.41, 5.74) is 1.91. The summed E-state index contributed by atoms with van der Waals surface area (Å²) in [6, 6.07) is 7.70. The normalized spacial score (nSPS) is 13.2. The minimum atomic E-state index is 0. The molecule has 0 unspecified atom stereocenters. The van der Waals surface area contributed by atoms with E-state index < -0.39 is 0 Å². The van der Waals surface area contributed by atoms with Crippen LogP contribution in [0.3, 0.4) is 0 Å². The summed E-state index contributed by atoms with van der Waals surface area (Å²) >= 11 is 0. The number of hydrogen-bond donors (Lipinski definition) is 1. The van der Waals surface area contributed by atoms with Crippen LogP contribution < -0.4 is 5.32 Å². The number of hydrogen-bond acceptors (Lipinski definition) is 3. The first-order valence-corrected chi connectivity index (χ1v) is 5.00. The number of nitrogens with zero attached hydrogens (tertiary/aromatic N) is 1. The van der Waals surface area contributed by atoms with E-state index in [1.54, 1.807) is 0 Å². The van der Waals surface area contributed by atoms with Crippen molar-refractivity contribution in [3.63, 3.8) is 0 Å². The Hall–Kier alpha value is -1.29. The van der Waals surface area contributed by atoms with Gasteiger partial charge in [-0.2, -0.15) is 0 Å². The summed E-state index contributed by atoms with van der Waals surface area (Å²) in [7, 11) is 0. The number of Topliss-reactive ketones (excluding diaryl/α,β-unsaturated/α-hetero) is 1. The van der Waals surface area contributed by atoms with E-state index in [4.69, 9.17) is 0 Å². The number of ketones is 1. The molecule has 0 fully saturated rings. The smallest absolute Gasteiger partial charge is 0.182 e. The van der Waals surface area contributed by atoms with Crippen LogP contribution in [0.4, 0.5) is 0 Å². The highest BCUT2D eigenvalue weighted by Gasteiger charge is 2.11.